The Hall–Kier alpha value is -0.540. The largest absolute Gasteiger partial charge is 0.312 e. The Bertz CT molecular complexity index is 226. The first-order valence-corrected chi connectivity index (χ1v) is 5.85. The van der Waals surface area contributed by atoms with Crippen molar-refractivity contribution >= 4 is 11.8 Å². The third kappa shape index (κ3) is 3.36. The van der Waals surface area contributed by atoms with Crippen molar-refractivity contribution in [3.63, 3.8) is 0 Å². The first-order chi connectivity index (χ1) is 6.38. The topological polar surface area (TPSA) is 24.9 Å². The Morgan fingerprint density at radius 3 is 2.92 bits per heavy atom. The highest BCUT2D eigenvalue weighted by molar-refractivity contribution is 7.98. The van der Waals surface area contributed by atoms with Crippen LogP contribution >= 0.6 is 11.8 Å². The van der Waals surface area contributed by atoms with Crippen molar-refractivity contribution in [1.82, 2.24) is 10.3 Å². The first kappa shape index (κ1) is 10.5. The molecule has 72 valence electrons. The number of aromatic nitrogens is 1. The quantitative estimate of drug-likeness (QED) is 0.780. The molecular formula is C10H16N2S. The van der Waals surface area contributed by atoms with Crippen LogP contribution in [-0.2, 0) is 0 Å². The fourth-order valence-corrected chi connectivity index (χ4v) is 1.73. The van der Waals surface area contributed by atoms with Crippen LogP contribution in [0.25, 0.3) is 0 Å². The first-order valence-electron chi connectivity index (χ1n) is 4.45. The molecule has 0 aliphatic heterocycles. The molecule has 1 unspecified atom stereocenters. The number of hydrogen-bond donors (Lipinski definition) is 1. The van der Waals surface area contributed by atoms with Crippen molar-refractivity contribution in [2.45, 2.75) is 12.5 Å². The van der Waals surface area contributed by atoms with Crippen LogP contribution in [0.4, 0.5) is 0 Å². The summed E-state index contributed by atoms with van der Waals surface area (Å²) in [6.45, 7) is 0. The Morgan fingerprint density at radius 2 is 2.38 bits per heavy atom. The van der Waals surface area contributed by atoms with E-state index in [0.717, 1.165) is 12.1 Å². The Labute approximate surface area is 84.1 Å². The molecule has 13 heavy (non-hydrogen) atoms. The lowest BCUT2D eigenvalue weighted by molar-refractivity contribution is 0.566. The van der Waals surface area contributed by atoms with Crippen molar-refractivity contribution in [3.05, 3.63) is 30.1 Å². The molecule has 0 saturated carbocycles. The Morgan fingerprint density at radius 1 is 1.54 bits per heavy atom. The van der Waals surface area contributed by atoms with Gasteiger partial charge in [-0.05, 0) is 37.6 Å². The summed E-state index contributed by atoms with van der Waals surface area (Å²) in [5, 5.41) is 3.28. The van der Waals surface area contributed by atoms with E-state index in [-0.39, 0.29) is 0 Å². The molecule has 1 aromatic rings. The zero-order chi connectivity index (χ0) is 9.52. The average Bonchev–Trinajstić information content (AvgIpc) is 2.21. The van der Waals surface area contributed by atoms with Crippen LogP contribution in [0.2, 0.25) is 0 Å². The van der Waals surface area contributed by atoms with Crippen LogP contribution in [0.1, 0.15) is 18.2 Å². The van der Waals surface area contributed by atoms with Crippen LogP contribution in [0.3, 0.4) is 0 Å². The van der Waals surface area contributed by atoms with Gasteiger partial charge in [0.25, 0.3) is 0 Å². The van der Waals surface area contributed by atoms with Crippen LogP contribution < -0.4 is 5.32 Å². The highest BCUT2D eigenvalue weighted by atomic mass is 32.2. The second kappa shape index (κ2) is 6.00. The molecular weight excluding hydrogens is 180 g/mol. The Kier molecular flexibility index (Phi) is 4.86. The molecule has 2 nitrogen and oxygen atoms in total. The molecule has 0 fully saturated rings. The number of thioether (sulfide) groups is 1. The molecule has 1 rings (SSSR count). The van der Waals surface area contributed by atoms with Crippen LogP contribution in [0.5, 0.6) is 0 Å². The summed E-state index contributed by atoms with van der Waals surface area (Å²) < 4.78 is 0. The molecule has 0 aliphatic rings. The zero-order valence-corrected chi connectivity index (χ0v) is 8.97. The minimum atomic E-state index is 0.397. The van der Waals surface area contributed by atoms with Gasteiger partial charge in [-0.2, -0.15) is 11.8 Å². The minimum Gasteiger partial charge on any atom is -0.312 e. The van der Waals surface area contributed by atoms with Gasteiger partial charge >= 0.3 is 0 Å². The fourth-order valence-electron chi connectivity index (χ4n) is 1.26. The third-order valence-electron chi connectivity index (χ3n) is 2.00. The van der Waals surface area contributed by atoms with Crippen molar-refractivity contribution in [3.8, 4) is 0 Å². The van der Waals surface area contributed by atoms with E-state index in [2.05, 4.69) is 22.6 Å². The summed E-state index contributed by atoms with van der Waals surface area (Å²) in [7, 11) is 1.99. The maximum Gasteiger partial charge on any atom is 0.0573 e. The van der Waals surface area contributed by atoms with Gasteiger partial charge in [0.1, 0.15) is 0 Å². The standard InChI is InChI=1S/C10H16N2S/c1-11-9(6-8-13-2)10-5-3-4-7-12-10/h3-5,7,9,11H,6,8H2,1-2H3. The Balaban J connectivity index is 2.56. The van der Waals surface area contributed by atoms with Gasteiger partial charge in [0.2, 0.25) is 0 Å². The molecule has 1 heterocycles. The molecule has 1 aromatic heterocycles. The molecule has 0 aliphatic carbocycles. The van der Waals surface area contributed by atoms with E-state index in [0.29, 0.717) is 6.04 Å². The van der Waals surface area contributed by atoms with Crippen molar-refractivity contribution < 1.29 is 0 Å². The number of nitrogens with one attached hydrogen (secondary N) is 1. The van der Waals surface area contributed by atoms with Gasteiger partial charge in [-0.15, -0.1) is 0 Å². The summed E-state index contributed by atoms with van der Waals surface area (Å²) in [6.07, 6.45) is 5.11. The highest BCUT2D eigenvalue weighted by Gasteiger charge is 2.08. The van der Waals surface area contributed by atoms with Gasteiger partial charge in [-0.3, -0.25) is 4.98 Å². The summed E-state index contributed by atoms with van der Waals surface area (Å²) >= 11 is 1.87. The van der Waals surface area contributed by atoms with E-state index in [1.807, 2.05) is 37.1 Å². The monoisotopic (exact) mass is 196 g/mol. The number of hydrogen-bond acceptors (Lipinski definition) is 3. The van der Waals surface area contributed by atoms with Crippen molar-refractivity contribution in [2.24, 2.45) is 0 Å². The maximum absolute atomic E-state index is 4.33. The lowest BCUT2D eigenvalue weighted by Gasteiger charge is -2.14. The van der Waals surface area contributed by atoms with Gasteiger partial charge in [-0.25, -0.2) is 0 Å². The number of rotatable bonds is 5. The smallest absolute Gasteiger partial charge is 0.0573 e. The predicted octanol–water partition coefficient (Wildman–Crippen LogP) is 2.10. The third-order valence-corrected chi connectivity index (χ3v) is 2.65. The van der Waals surface area contributed by atoms with Gasteiger partial charge in [0.15, 0.2) is 0 Å². The van der Waals surface area contributed by atoms with E-state index >= 15 is 0 Å². The summed E-state index contributed by atoms with van der Waals surface area (Å²) in [5.41, 5.74) is 1.14. The van der Waals surface area contributed by atoms with E-state index in [9.17, 15) is 0 Å². The van der Waals surface area contributed by atoms with Crippen LogP contribution in [0, 0.1) is 0 Å². The summed E-state index contributed by atoms with van der Waals surface area (Å²) in [6, 6.07) is 6.45. The van der Waals surface area contributed by atoms with Crippen molar-refractivity contribution in [2.75, 3.05) is 19.1 Å². The molecule has 0 radical (unpaired) electrons. The SMILES string of the molecule is CNC(CCSC)c1ccccn1. The van der Waals surface area contributed by atoms with E-state index in [1.54, 1.807) is 0 Å². The summed E-state index contributed by atoms with van der Waals surface area (Å²) in [5.74, 6) is 1.17. The second-order valence-electron chi connectivity index (χ2n) is 2.88. The molecule has 0 bridgehead atoms. The van der Waals surface area contributed by atoms with Crippen LogP contribution in [0.15, 0.2) is 24.4 Å². The zero-order valence-electron chi connectivity index (χ0n) is 8.16. The average molecular weight is 196 g/mol. The van der Waals surface area contributed by atoms with Crippen molar-refractivity contribution in [1.29, 1.82) is 0 Å². The minimum absolute atomic E-state index is 0.397. The lowest BCUT2D eigenvalue weighted by Crippen LogP contribution is -2.18. The van der Waals surface area contributed by atoms with Crippen LogP contribution in [-0.4, -0.2) is 24.0 Å². The fraction of sp³-hybridized carbons (Fsp3) is 0.500. The molecule has 1 atom stereocenters. The second-order valence-corrected chi connectivity index (χ2v) is 3.86. The lowest BCUT2D eigenvalue weighted by atomic mass is 10.1. The van der Waals surface area contributed by atoms with Gasteiger partial charge in [-0.1, -0.05) is 6.07 Å². The maximum atomic E-state index is 4.33. The molecule has 3 heteroatoms. The normalized spacial score (nSPS) is 12.8. The van der Waals surface area contributed by atoms with Gasteiger partial charge in [0.05, 0.1) is 11.7 Å². The molecule has 0 aromatic carbocycles. The molecule has 1 N–H and O–H groups in total. The summed E-state index contributed by atoms with van der Waals surface area (Å²) in [4.78, 5) is 4.33. The predicted molar refractivity (Wildman–Crippen MR) is 59.0 cm³/mol. The van der Waals surface area contributed by atoms with Gasteiger partial charge in [0, 0.05) is 6.20 Å². The van der Waals surface area contributed by atoms with E-state index < -0.39 is 0 Å². The van der Waals surface area contributed by atoms with E-state index in [4.69, 9.17) is 0 Å². The number of pyridine rings is 1. The number of nitrogens with zero attached hydrogens (tertiary/aromatic N) is 1. The van der Waals surface area contributed by atoms with E-state index in [1.165, 1.54) is 5.75 Å². The molecule has 0 spiro atoms. The van der Waals surface area contributed by atoms with Gasteiger partial charge < -0.3 is 5.32 Å². The molecule has 0 amide bonds. The molecule has 0 saturated heterocycles. The highest BCUT2D eigenvalue weighted by Crippen LogP contribution is 2.15.